The quantitative estimate of drug-likeness (QED) is 0.187. The number of fused-ring (bicyclic) bond motifs is 1. The first-order chi connectivity index (χ1) is 20.0. The molecule has 1 aliphatic carbocycles. The van der Waals surface area contributed by atoms with E-state index < -0.39 is 27.9 Å². The third-order valence-corrected chi connectivity index (χ3v) is 9.87. The summed E-state index contributed by atoms with van der Waals surface area (Å²) in [5.41, 5.74) is 1.29. The maximum atomic E-state index is 14.1. The number of methoxy groups -OCH3 is 2. The predicted octanol–water partition coefficient (Wildman–Crippen LogP) is 7.68. The first-order valence-corrected chi connectivity index (χ1v) is 15.5. The number of nitrogens with zero attached hydrogens (tertiary/aromatic N) is 2. The largest absolute Gasteiger partial charge is 0.497 e. The van der Waals surface area contributed by atoms with Gasteiger partial charge in [0.25, 0.3) is 10.0 Å². The number of halogens is 4. The zero-order chi connectivity index (χ0) is 30.1. The van der Waals surface area contributed by atoms with Crippen molar-refractivity contribution in [2.24, 2.45) is 0 Å². The molecule has 42 heavy (non-hydrogen) atoms. The van der Waals surface area contributed by atoms with Crippen LogP contribution in [-0.2, 0) is 29.2 Å². The Hall–Kier alpha value is -3.48. The Morgan fingerprint density at radius 2 is 1.86 bits per heavy atom. The average Bonchev–Trinajstić information content (AvgIpc) is 3.50. The van der Waals surface area contributed by atoms with E-state index in [9.17, 15) is 21.6 Å². The van der Waals surface area contributed by atoms with Crippen LogP contribution in [0.15, 0.2) is 71.1 Å². The van der Waals surface area contributed by atoms with Crippen LogP contribution >= 0.6 is 22.9 Å². The van der Waals surface area contributed by atoms with E-state index in [4.69, 9.17) is 25.8 Å². The second kappa shape index (κ2) is 12.0. The fourth-order valence-corrected chi connectivity index (χ4v) is 7.36. The van der Waals surface area contributed by atoms with E-state index in [1.54, 1.807) is 35.7 Å². The molecule has 0 aliphatic heterocycles. The minimum atomic E-state index is -4.52. The topological polar surface area (TPSA) is 78.0 Å². The van der Waals surface area contributed by atoms with Crippen molar-refractivity contribution in [1.82, 2.24) is 4.98 Å². The van der Waals surface area contributed by atoms with E-state index >= 15 is 0 Å². The van der Waals surface area contributed by atoms with E-state index in [0.717, 1.165) is 23.3 Å². The summed E-state index contributed by atoms with van der Waals surface area (Å²) < 4.78 is 85.3. The molecule has 1 atom stereocenters. The monoisotopic (exact) mass is 638 g/mol. The van der Waals surface area contributed by atoms with Crippen molar-refractivity contribution >= 4 is 38.1 Å². The normalized spacial score (nSPS) is 15.1. The summed E-state index contributed by atoms with van der Waals surface area (Å²) in [7, 11) is -1.04. The van der Waals surface area contributed by atoms with Crippen LogP contribution in [0.3, 0.4) is 0 Å². The zero-order valence-electron chi connectivity index (χ0n) is 22.5. The molecular formula is C29H26ClF3N2O5S2. The number of ether oxygens (including phenoxy) is 3. The number of thiazole rings is 1. The Morgan fingerprint density at radius 3 is 2.52 bits per heavy atom. The summed E-state index contributed by atoms with van der Waals surface area (Å²) in [5.74, 6) is 1.17. The molecule has 1 unspecified atom stereocenters. The SMILES string of the molecule is COc1ccc(CN(c2nccs2)S(=O)(=O)c2ccc3c(c2)CCCC3Oc2ccc(C(F)(F)F)cc2Cl)c(OC)c1. The van der Waals surface area contributed by atoms with Crippen LogP contribution < -0.4 is 18.5 Å². The lowest BCUT2D eigenvalue weighted by molar-refractivity contribution is -0.137. The molecule has 0 amide bonds. The molecule has 4 aromatic rings. The lowest BCUT2D eigenvalue weighted by Crippen LogP contribution is -2.31. The highest BCUT2D eigenvalue weighted by atomic mass is 35.5. The Morgan fingerprint density at radius 1 is 1.05 bits per heavy atom. The standard InChI is InChI=1S/C29H26ClF3N2O5S2/c1-38-21-8-6-19(27(16-21)39-2)17-35(28-34-12-13-41-28)42(36,37)22-9-10-23-18(14-22)4-3-5-25(23)40-26-11-7-20(15-24(26)30)29(31,32)33/h6-16,25H,3-5,17H2,1-2H3. The van der Waals surface area contributed by atoms with Crippen LogP contribution in [0.1, 0.15) is 41.2 Å². The maximum absolute atomic E-state index is 14.1. The molecule has 7 nitrogen and oxygen atoms in total. The molecule has 0 radical (unpaired) electrons. The third-order valence-electron chi connectivity index (χ3n) is 6.93. The van der Waals surface area contributed by atoms with Gasteiger partial charge in [-0.15, -0.1) is 11.3 Å². The number of alkyl halides is 3. The van der Waals surface area contributed by atoms with E-state index in [-0.39, 0.29) is 22.2 Å². The number of benzene rings is 3. The number of sulfonamides is 1. The van der Waals surface area contributed by atoms with Crippen LogP contribution in [0.25, 0.3) is 0 Å². The molecule has 0 saturated heterocycles. The summed E-state index contributed by atoms with van der Waals surface area (Å²) in [5, 5.41) is 1.84. The van der Waals surface area contributed by atoms with Crippen molar-refractivity contribution in [2.75, 3.05) is 18.5 Å². The van der Waals surface area contributed by atoms with Crippen LogP contribution in [0.2, 0.25) is 5.02 Å². The van der Waals surface area contributed by atoms with Gasteiger partial charge in [-0.25, -0.2) is 17.7 Å². The first-order valence-electron chi connectivity index (χ1n) is 12.8. The third kappa shape index (κ3) is 6.16. The van der Waals surface area contributed by atoms with Crippen molar-refractivity contribution in [3.05, 3.63) is 93.5 Å². The molecule has 3 aromatic carbocycles. The van der Waals surface area contributed by atoms with Gasteiger partial charge in [-0.3, -0.25) is 0 Å². The summed E-state index contributed by atoms with van der Waals surface area (Å²) in [6.45, 7) is -0.0295. The van der Waals surface area contributed by atoms with Crippen LogP contribution in [0, 0.1) is 0 Å². The smallest absolute Gasteiger partial charge is 0.416 e. The molecule has 0 N–H and O–H groups in total. The van der Waals surface area contributed by atoms with E-state index in [1.807, 2.05) is 0 Å². The molecule has 1 heterocycles. The van der Waals surface area contributed by atoms with Crippen LogP contribution in [-0.4, -0.2) is 27.6 Å². The van der Waals surface area contributed by atoms with Gasteiger partial charge in [-0.2, -0.15) is 13.2 Å². The van der Waals surface area contributed by atoms with Crippen molar-refractivity contribution < 1.29 is 35.8 Å². The first kappa shape index (κ1) is 30.0. The van der Waals surface area contributed by atoms with Gasteiger partial charge in [0.05, 0.1) is 36.2 Å². The van der Waals surface area contributed by atoms with E-state index in [0.29, 0.717) is 41.5 Å². The van der Waals surface area contributed by atoms with Gasteiger partial charge in [0.2, 0.25) is 0 Å². The highest BCUT2D eigenvalue weighted by Gasteiger charge is 2.33. The predicted molar refractivity (Wildman–Crippen MR) is 154 cm³/mol. The average molecular weight is 639 g/mol. The van der Waals surface area contributed by atoms with Gasteiger partial charge in [0.1, 0.15) is 23.4 Å². The fraction of sp³-hybridized carbons (Fsp3) is 0.276. The number of hydrogen-bond donors (Lipinski definition) is 0. The molecule has 0 bridgehead atoms. The van der Waals surface area contributed by atoms with Crippen LogP contribution in [0.4, 0.5) is 18.3 Å². The minimum Gasteiger partial charge on any atom is -0.497 e. The molecule has 0 fully saturated rings. The lowest BCUT2D eigenvalue weighted by atomic mass is 9.89. The number of rotatable bonds is 9. The molecule has 0 spiro atoms. The Balaban J connectivity index is 1.45. The van der Waals surface area contributed by atoms with Gasteiger partial charge in [-0.1, -0.05) is 17.7 Å². The van der Waals surface area contributed by atoms with Crippen LogP contribution in [0.5, 0.6) is 17.2 Å². The molecule has 222 valence electrons. The summed E-state index contributed by atoms with van der Waals surface area (Å²) >= 11 is 7.32. The second-order valence-corrected chi connectivity index (χ2v) is 12.6. The van der Waals surface area contributed by atoms with Gasteiger partial charge in [-0.05, 0) is 72.9 Å². The van der Waals surface area contributed by atoms with Crippen molar-refractivity contribution in [2.45, 2.75) is 43.0 Å². The van der Waals surface area contributed by atoms with Gasteiger partial charge in [0, 0.05) is 23.2 Å². The minimum absolute atomic E-state index is 0.0295. The molecule has 0 saturated carbocycles. The maximum Gasteiger partial charge on any atom is 0.416 e. The van der Waals surface area contributed by atoms with Crippen molar-refractivity contribution in [1.29, 1.82) is 0 Å². The number of anilines is 1. The highest BCUT2D eigenvalue weighted by Crippen LogP contribution is 2.40. The van der Waals surface area contributed by atoms with E-state index in [1.165, 1.54) is 48.2 Å². The van der Waals surface area contributed by atoms with Crippen molar-refractivity contribution in [3.8, 4) is 17.2 Å². The van der Waals surface area contributed by atoms with Crippen molar-refractivity contribution in [3.63, 3.8) is 0 Å². The Labute approximate surface area is 250 Å². The number of hydrogen-bond acceptors (Lipinski definition) is 7. The molecular weight excluding hydrogens is 613 g/mol. The molecule has 1 aliphatic rings. The Bertz CT molecular complexity index is 1680. The summed E-state index contributed by atoms with van der Waals surface area (Å²) in [6.07, 6.45) is -1.58. The zero-order valence-corrected chi connectivity index (χ0v) is 24.9. The molecule has 1 aromatic heterocycles. The number of aryl methyl sites for hydroxylation is 1. The highest BCUT2D eigenvalue weighted by molar-refractivity contribution is 7.93. The van der Waals surface area contributed by atoms with Gasteiger partial charge < -0.3 is 14.2 Å². The van der Waals surface area contributed by atoms with E-state index in [2.05, 4.69) is 4.98 Å². The lowest BCUT2D eigenvalue weighted by Gasteiger charge is -2.28. The summed E-state index contributed by atoms with van der Waals surface area (Å²) in [4.78, 5) is 4.35. The molecule has 13 heteroatoms. The fourth-order valence-electron chi connectivity index (χ4n) is 4.81. The van der Waals surface area contributed by atoms with Gasteiger partial charge >= 0.3 is 6.18 Å². The summed E-state index contributed by atoms with van der Waals surface area (Å²) in [6, 6.07) is 12.9. The Kier molecular flexibility index (Phi) is 8.58. The second-order valence-electron chi connectivity index (χ2n) is 9.51. The molecule has 5 rings (SSSR count). The number of aromatic nitrogens is 1. The van der Waals surface area contributed by atoms with Gasteiger partial charge in [0.15, 0.2) is 5.13 Å².